The van der Waals surface area contributed by atoms with Gasteiger partial charge in [-0.15, -0.1) is 13.2 Å². The van der Waals surface area contributed by atoms with Gasteiger partial charge in [0.25, 0.3) is 0 Å². The molecule has 0 amide bonds. The van der Waals surface area contributed by atoms with Crippen LogP contribution in [0.5, 0.6) is 0 Å². The molecule has 8 rings (SSSR count). The van der Waals surface area contributed by atoms with E-state index in [1.807, 2.05) is 152 Å². The summed E-state index contributed by atoms with van der Waals surface area (Å²) in [6, 6.07) is 49.7. The molecule has 5 aromatic carbocycles. The predicted octanol–water partition coefficient (Wildman–Crippen LogP) is 8.68. The average Bonchev–Trinajstić information content (AvgIpc) is 3.35. The fourth-order valence-corrected chi connectivity index (χ4v) is 8.14. The van der Waals surface area contributed by atoms with Gasteiger partial charge in [-0.05, 0) is 22.3 Å². The second-order valence-electron chi connectivity index (χ2n) is 15.9. The van der Waals surface area contributed by atoms with Gasteiger partial charge in [0.1, 0.15) is 48.8 Å². The lowest BCUT2D eigenvalue weighted by atomic mass is 9.95. The summed E-state index contributed by atoms with van der Waals surface area (Å²) in [5, 5.41) is 0. The highest BCUT2D eigenvalue weighted by atomic mass is 16.8. The maximum Gasteiger partial charge on any atom is 0.187 e. The third kappa shape index (κ3) is 12.3. The van der Waals surface area contributed by atoms with Gasteiger partial charge in [0.05, 0.1) is 52.9 Å². The number of benzene rings is 5. The van der Waals surface area contributed by atoms with Crippen LogP contribution in [0, 0.1) is 0 Å². The molecular weight excluding hydrogens is 813 g/mol. The van der Waals surface area contributed by atoms with Crippen molar-refractivity contribution in [1.82, 2.24) is 0 Å². The van der Waals surface area contributed by atoms with E-state index in [0.29, 0.717) is 6.61 Å². The minimum atomic E-state index is -1.03. The zero-order valence-corrected chi connectivity index (χ0v) is 36.0. The molecular formula is C53H58O11. The molecule has 0 aliphatic carbocycles. The van der Waals surface area contributed by atoms with Gasteiger partial charge < -0.3 is 52.1 Å². The number of fused-ring (bicyclic) bond motifs is 1. The Morgan fingerprint density at radius 2 is 0.953 bits per heavy atom. The molecule has 64 heavy (non-hydrogen) atoms. The Morgan fingerprint density at radius 1 is 0.469 bits per heavy atom. The highest BCUT2D eigenvalue weighted by Crippen LogP contribution is 2.39. The van der Waals surface area contributed by atoms with E-state index in [-0.39, 0.29) is 46.2 Å². The summed E-state index contributed by atoms with van der Waals surface area (Å²) in [6.45, 7) is 9.75. The van der Waals surface area contributed by atoms with E-state index in [9.17, 15) is 0 Å². The zero-order valence-electron chi connectivity index (χ0n) is 36.0. The van der Waals surface area contributed by atoms with Crippen LogP contribution >= 0.6 is 0 Å². The quantitative estimate of drug-likeness (QED) is 0.0625. The van der Waals surface area contributed by atoms with Gasteiger partial charge in [-0.3, -0.25) is 0 Å². The average molecular weight is 871 g/mol. The molecule has 3 heterocycles. The van der Waals surface area contributed by atoms with Crippen molar-refractivity contribution in [1.29, 1.82) is 0 Å². The van der Waals surface area contributed by atoms with Crippen molar-refractivity contribution in [2.45, 2.75) is 94.1 Å². The van der Waals surface area contributed by atoms with Gasteiger partial charge >= 0.3 is 0 Å². The summed E-state index contributed by atoms with van der Waals surface area (Å²) in [5.41, 5.74) is 4.81. The molecule has 5 aromatic rings. The summed E-state index contributed by atoms with van der Waals surface area (Å²) in [6.07, 6.45) is -4.96. The molecule has 11 nitrogen and oxygen atoms in total. The highest BCUT2D eigenvalue weighted by molar-refractivity contribution is 5.18. The smallest absolute Gasteiger partial charge is 0.187 e. The van der Waals surface area contributed by atoms with Gasteiger partial charge in [-0.25, -0.2) is 0 Å². The van der Waals surface area contributed by atoms with Crippen LogP contribution in [0.3, 0.4) is 0 Å². The largest absolute Gasteiger partial charge is 0.374 e. The standard InChI is InChI=1S/C53H58O11/c1-3-30-55-47-46-44(37-60-51(63-46)42-28-18-9-19-29-42)62-53(50(47)59-35-41-26-16-8-17-27-41)64-45-43(36-54-32-38-20-10-5-11-21-38)61-52(56-31-4-2)49(58-34-40-24-14-7-15-25-40)48(45)57-33-39-22-12-6-13-23-39/h3-29,43-53H,1-2,30-37H2/t43-,44-,45-,46+,47+,48+,49-,50-,51?,52-,53+/m1/s1. The van der Waals surface area contributed by atoms with E-state index < -0.39 is 67.7 Å². The first-order valence-corrected chi connectivity index (χ1v) is 22.0. The summed E-state index contributed by atoms with van der Waals surface area (Å²) < 4.78 is 74.2. The molecule has 0 saturated carbocycles. The Bertz CT molecular complexity index is 2090. The van der Waals surface area contributed by atoms with E-state index in [0.717, 1.165) is 27.8 Å². The van der Waals surface area contributed by atoms with Crippen molar-refractivity contribution in [2.24, 2.45) is 0 Å². The van der Waals surface area contributed by atoms with Gasteiger partial charge in [-0.1, -0.05) is 164 Å². The molecule has 0 aromatic heterocycles. The van der Waals surface area contributed by atoms with E-state index >= 15 is 0 Å². The van der Waals surface area contributed by atoms with Crippen molar-refractivity contribution in [3.63, 3.8) is 0 Å². The third-order valence-electron chi connectivity index (χ3n) is 11.3. The van der Waals surface area contributed by atoms with Crippen LogP contribution in [0.15, 0.2) is 177 Å². The zero-order chi connectivity index (χ0) is 43.8. The maximum atomic E-state index is 7.31. The van der Waals surface area contributed by atoms with Crippen molar-refractivity contribution in [3.05, 3.63) is 205 Å². The molecule has 11 heteroatoms. The van der Waals surface area contributed by atoms with E-state index in [1.165, 1.54) is 0 Å². The fourth-order valence-electron chi connectivity index (χ4n) is 8.14. The minimum Gasteiger partial charge on any atom is -0.374 e. The number of hydrogen-bond acceptors (Lipinski definition) is 11. The lowest BCUT2D eigenvalue weighted by Gasteiger charge is -2.51. The Balaban J connectivity index is 1.16. The van der Waals surface area contributed by atoms with Gasteiger partial charge in [0, 0.05) is 5.56 Å². The number of ether oxygens (including phenoxy) is 11. The van der Waals surface area contributed by atoms with Crippen LogP contribution in [0.1, 0.15) is 34.1 Å². The summed E-state index contributed by atoms with van der Waals surface area (Å²) >= 11 is 0. The summed E-state index contributed by atoms with van der Waals surface area (Å²) in [4.78, 5) is 0. The van der Waals surface area contributed by atoms with E-state index in [2.05, 4.69) is 13.2 Å². The molecule has 11 atom stereocenters. The molecule has 0 radical (unpaired) electrons. The Kier molecular flexibility index (Phi) is 17.1. The van der Waals surface area contributed by atoms with E-state index in [4.69, 9.17) is 52.1 Å². The predicted molar refractivity (Wildman–Crippen MR) is 239 cm³/mol. The normalized spacial score (nSPS) is 27.9. The Morgan fingerprint density at radius 3 is 1.50 bits per heavy atom. The molecule has 3 fully saturated rings. The number of rotatable bonds is 22. The molecule has 3 aliphatic heterocycles. The summed E-state index contributed by atoms with van der Waals surface area (Å²) in [7, 11) is 0. The van der Waals surface area contributed by atoms with Crippen molar-refractivity contribution in [2.75, 3.05) is 26.4 Å². The van der Waals surface area contributed by atoms with Crippen LogP contribution < -0.4 is 0 Å². The van der Waals surface area contributed by atoms with Gasteiger partial charge in [0.15, 0.2) is 18.9 Å². The molecule has 0 bridgehead atoms. The van der Waals surface area contributed by atoms with E-state index in [1.54, 1.807) is 12.2 Å². The van der Waals surface area contributed by atoms with Crippen molar-refractivity contribution >= 4 is 0 Å². The molecule has 0 N–H and O–H groups in total. The lowest BCUT2D eigenvalue weighted by molar-refractivity contribution is -0.396. The third-order valence-corrected chi connectivity index (χ3v) is 11.3. The van der Waals surface area contributed by atoms with Crippen LogP contribution in [0.25, 0.3) is 0 Å². The van der Waals surface area contributed by atoms with Gasteiger partial charge in [0.2, 0.25) is 0 Å². The fraction of sp³-hybridized carbons (Fsp3) is 0.358. The lowest BCUT2D eigenvalue weighted by Crippen LogP contribution is -2.67. The maximum absolute atomic E-state index is 7.31. The van der Waals surface area contributed by atoms with Crippen LogP contribution in [0.2, 0.25) is 0 Å². The first kappa shape index (κ1) is 45.7. The number of hydrogen-bond donors (Lipinski definition) is 0. The molecule has 3 aliphatic rings. The van der Waals surface area contributed by atoms with Crippen LogP contribution in [-0.4, -0.2) is 87.8 Å². The molecule has 1 unspecified atom stereocenters. The highest BCUT2D eigenvalue weighted by Gasteiger charge is 2.56. The SMILES string of the molecule is C=CCO[C@@H]1O[C@H](COCc2ccccc2)[C@@H](O[C@@H]2O[C@@H]3COC(c4ccccc4)O[C@@H]3[C@H](OCC=C)[C@H]2OCc2ccccc2)[C@H](OCc2ccccc2)[C@H]1OCc1ccccc1. The monoisotopic (exact) mass is 870 g/mol. The van der Waals surface area contributed by atoms with Crippen molar-refractivity contribution in [3.8, 4) is 0 Å². The first-order valence-electron chi connectivity index (χ1n) is 22.0. The van der Waals surface area contributed by atoms with Gasteiger partial charge in [-0.2, -0.15) is 0 Å². The molecule has 336 valence electrons. The second kappa shape index (κ2) is 23.9. The minimum absolute atomic E-state index is 0.125. The molecule has 3 saturated heterocycles. The Labute approximate surface area is 376 Å². The first-order chi connectivity index (χ1) is 31.7. The van der Waals surface area contributed by atoms with Crippen molar-refractivity contribution < 1.29 is 52.1 Å². The molecule has 0 spiro atoms. The topological polar surface area (TPSA) is 102 Å². The Hall–Kier alpha value is -4.86. The second-order valence-corrected chi connectivity index (χ2v) is 15.9. The summed E-state index contributed by atoms with van der Waals surface area (Å²) in [5.74, 6) is 0. The van der Waals surface area contributed by atoms with Crippen LogP contribution in [0.4, 0.5) is 0 Å². The van der Waals surface area contributed by atoms with Crippen LogP contribution in [-0.2, 0) is 78.5 Å².